The van der Waals surface area contributed by atoms with Crippen molar-refractivity contribution in [1.29, 1.82) is 0 Å². The summed E-state index contributed by atoms with van der Waals surface area (Å²) >= 11 is 5.10. The van der Waals surface area contributed by atoms with E-state index in [1.165, 1.54) is 6.07 Å². The summed E-state index contributed by atoms with van der Waals surface area (Å²) < 4.78 is 14.5. The van der Waals surface area contributed by atoms with Crippen LogP contribution < -0.4 is 5.32 Å². The summed E-state index contributed by atoms with van der Waals surface area (Å²) in [6, 6.07) is 12.2. The molecule has 0 saturated carbocycles. The summed E-state index contributed by atoms with van der Waals surface area (Å²) in [5.41, 5.74) is 2.12. The van der Waals surface area contributed by atoms with Gasteiger partial charge >= 0.3 is 0 Å². The summed E-state index contributed by atoms with van der Waals surface area (Å²) in [6.45, 7) is 1.63. The minimum atomic E-state index is -0.316. The van der Waals surface area contributed by atoms with E-state index in [9.17, 15) is 14.0 Å². The first kappa shape index (κ1) is 20.9. The molecule has 1 saturated heterocycles. The lowest BCUT2D eigenvalue weighted by Crippen LogP contribution is -2.38. The molecular formula is C21H22BrFN2O2S. The van der Waals surface area contributed by atoms with Crippen LogP contribution in [-0.2, 0) is 22.4 Å². The SMILES string of the molecule is O=C(CCc1ccc(Br)cc1F)Nc1ccc(CC(=O)N2CCSCC2)cc1. The Morgan fingerprint density at radius 1 is 1.11 bits per heavy atom. The Hall–Kier alpha value is -1.86. The van der Waals surface area contributed by atoms with Crippen LogP contribution in [0.2, 0.25) is 0 Å². The molecule has 1 fully saturated rings. The first-order valence-electron chi connectivity index (χ1n) is 9.19. The molecule has 0 spiro atoms. The van der Waals surface area contributed by atoms with Crippen molar-refractivity contribution < 1.29 is 14.0 Å². The quantitative estimate of drug-likeness (QED) is 0.693. The third-order valence-electron chi connectivity index (χ3n) is 4.59. The molecule has 0 atom stereocenters. The standard InChI is InChI=1S/C21H22BrFN2O2S/c22-17-5-3-16(19(23)14-17)4-8-20(26)24-18-6-1-15(2-7-18)13-21(27)25-9-11-28-12-10-25/h1-3,5-7,14H,4,8-13H2,(H,24,26). The molecule has 28 heavy (non-hydrogen) atoms. The Kier molecular flexibility index (Phi) is 7.50. The maximum absolute atomic E-state index is 13.8. The zero-order valence-electron chi connectivity index (χ0n) is 15.4. The number of halogens is 2. The lowest BCUT2D eigenvalue weighted by Gasteiger charge is -2.26. The molecule has 1 N–H and O–H groups in total. The number of carbonyl (C=O) groups excluding carboxylic acids is 2. The van der Waals surface area contributed by atoms with Crippen LogP contribution in [0.25, 0.3) is 0 Å². The Balaban J connectivity index is 1.48. The van der Waals surface area contributed by atoms with Gasteiger partial charge in [-0.2, -0.15) is 11.8 Å². The predicted molar refractivity (Wildman–Crippen MR) is 115 cm³/mol. The molecule has 0 aliphatic carbocycles. The monoisotopic (exact) mass is 464 g/mol. The summed E-state index contributed by atoms with van der Waals surface area (Å²) in [5, 5.41) is 2.82. The van der Waals surface area contributed by atoms with E-state index in [1.807, 2.05) is 28.8 Å². The third kappa shape index (κ3) is 6.07. The average Bonchev–Trinajstić information content (AvgIpc) is 2.69. The number of anilines is 1. The lowest BCUT2D eigenvalue weighted by molar-refractivity contribution is -0.130. The number of thioether (sulfide) groups is 1. The number of aryl methyl sites for hydroxylation is 1. The molecule has 2 aromatic carbocycles. The second-order valence-electron chi connectivity index (χ2n) is 6.65. The van der Waals surface area contributed by atoms with Gasteiger partial charge in [0.2, 0.25) is 11.8 Å². The fourth-order valence-corrected chi connectivity index (χ4v) is 4.24. The molecule has 7 heteroatoms. The van der Waals surface area contributed by atoms with Gasteiger partial charge in [0.1, 0.15) is 5.82 Å². The van der Waals surface area contributed by atoms with E-state index < -0.39 is 0 Å². The number of carbonyl (C=O) groups is 2. The minimum Gasteiger partial charge on any atom is -0.341 e. The summed E-state index contributed by atoms with van der Waals surface area (Å²) in [7, 11) is 0. The number of nitrogens with one attached hydrogen (secondary N) is 1. The number of benzene rings is 2. The van der Waals surface area contributed by atoms with E-state index in [0.717, 1.165) is 30.2 Å². The maximum Gasteiger partial charge on any atom is 0.227 e. The van der Waals surface area contributed by atoms with Gasteiger partial charge in [-0.15, -0.1) is 0 Å². The number of rotatable bonds is 6. The highest BCUT2D eigenvalue weighted by Gasteiger charge is 2.16. The Bertz CT molecular complexity index is 839. The van der Waals surface area contributed by atoms with E-state index in [2.05, 4.69) is 21.2 Å². The number of nitrogens with zero attached hydrogens (tertiary/aromatic N) is 1. The van der Waals surface area contributed by atoms with E-state index in [0.29, 0.717) is 28.6 Å². The largest absolute Gasteiger partial charge is 0.341 e. The van der Waals surface area contributed by atoms with Crippen molar-refractivity contribution >= 4 is 45.2 Å². The minimum absolute atomic E-state index is 0.147. The smallest absolute Gasteiger partial charge is 0.227 e. The van der Waals surface area contributed by atoms with Gasteiger partial charge in [-0.25, -0.2) is 4.39 Å². The van der Waals surface area contributed by atoms with E-state index in [4.69, 9.17) is 0 Å². The Labute approximate surface area is 177 Å². The fraction of sp³-hybridized carbons (Fsp3) is 0.333. The second-order valence-corrected chi connectivity index (χ2v) is 8.79. The molecule has 1 aliphatic rings. The van der Waals surface area contributed by atoms with E-state index >= 15 is 0 Å². The number of hydrogen-bond donors (Lipinski definition) is 1. The summed E-state index contributed by atoms with van der Waals surface area (Å²) in [6.07, 6.45) is 0.916. The summed E-state index contributed by atoms with van der Waals surface area (Å²) in [5.74, 6) is 1.66. The van der Waals surface area contributed by atoms with Crippen molar-refractivity contribution in [2.24, 2.45) is 0 Å². The molecule has 0 aromatic heterocycles. The molecule has 1 heterocycles. The van der Waals surface area contributed by atoms with Crippen LogP contribution in [0, 0.1) is 5.82 Å². The van der Waals surface area contributed by atoms with Crippen LogP contribution in [0.3, 0.4) is 0 Å². The van der Waals surface area contributed by atoms with E-state index in [1.54, 1.807) is 24.3 Å². The zero-order valence-corrected chi connectivity index (χ0v) is 17.8. The molecule has 1 aliphatic heterocycles. The molecule has 2 amide bonds. The van der Waals surface area contributed by atoms with Crippen LogP contribution in [-0.4, -0.2) is 41.3 Å². The van der Waals surface area contributed by atoms with Crippen molar-refractivity contribution in [2.75, 3.05) is 29.9 Å². The topological polar surface area (TPSA) is 49.4 Å². The molecular weight excluding hydrogens is 443 g/mol. The first-order valence-corrected chi connectivity index (χ1v) is 11.1. The third-order valence-corrected chi connectivity index (χ3v) is 6.03. The highest BCUT2D eigenvalue weighted by atomic mass is 79.9. The number of hydrogen-bond acceptors (Lipinski definition) is 3. The highest BCUT2D eigenvalue weighted by Crippen LogP contribution is 2.17. The second kappa shape index (κ2) is 10.1. The summed E-state index contributed by atoms with van der Waals surface area (Å²) in [4.78, 5) is 26.3. The normalized spacial score (nSPS) is 14.0. The van der Waals surface area contributed by atoms with Crippen LogP contribution >= 0.6 is 27.7 Å². The average molecular weight is 465 g/mol. The Morgan fingerprint density at radius 3 is 2.50 bits per heavy atom. The van der Waals surface area contributed by atoms with Crippen LogP contribution in [0.5, 0.6) is 0 Å². The van der Waals surface area contributed by atoms with Crippen LogP contribution in [0.4, 0.5) is 10.1 Å². The van der Waals surface area contributed by atoms with Gasteiger partial charge < -0.3 is 10.2 Å². The van der Waals surface area contributed by atoms with E-state index in [-0.39, 0.29) is 24.1 Å². The van der Waals surface area contributed by atoms with Gasteiger partial charge in [0.15, 0.2) is 0 Å². The maximum atomic E-state index is 13.8. The van der Waals surface area contributed by atoms with Crippen molar-refractivity contribution in [2.45, 2.75) is 19.3 Å². The molecule has 0 bridgehead atoms. The van der Waals surface area contributed by atoms with Crippen molar-refractivity contribution in [3.05, 3.63) is 63.9 Å². The molecule has 3 rings (SSSR count). The van der Waals surface area contributed by atoms with Crippen molar-refractivity contribution in [3.8, 4) is 0 Å². The molecule has 148 valence electrons. The molecule has 0 radical (unpaired) electrons. The van der Waals surface area contributed by atoms with Gasteiger partial charge in [0.05, 0.1) is 6.42 Å². The van der Waals surface area contributed by atoms with Gasteiger partial charge in [-0.3, -0.25) is 9.59 Å². The van der Waals surface area contributed by atoms with Gasteiger partial charge in [-0.1, -0.05) is 34.1 Å². The molecule has 2 aromatic rings. The van der Waals surface area contributed by atoms with Crippen molar-refractivity contribution in [3.63, 3.8) is 0 Å². The lowest BCUT2D eigenvalue weighted by atomic mass is 10.1. The molecule has 0 unspecified atom stereocenters. The van der Waals surface area contributed by atoms with Crippen LogP contribution in [0.15, 0.2) is 46.9 Å². The van der Waals surface area contributed by atoms with Gasteiger partial charge in [0.25, 0.3) is 0 Å². The van der Waals surface area contributed by atoms with Crippen LogP contribution in [0.1, 0.15) is 17.5 Å². The van der Waals surface area contributed by atoms with Gasteiger partial charge in [-0.05, 0) is 41.8 Å². The Morgan fingerprint density at radius 2 is 1.82 bits per heavy atom. The zero-order chi connectivity index (χ0) is 19.9. The fourth-order valence-electron chi connectivity index (χ4n) is 3.00. The predicted octanol–water partition coefficient (Wildman–Crippen LogP) is 4.28. The van der Waals surface area contributed by atoms with Crippen molar-refractivity contribution in [1.82, 2.24) is 4.90 Å². The highest BCUT2D eigenvalue weighted by molar-refractivity contribution is 9.10. The first-order chi connectivity index (χ1) is 13.5. The van der Waals surface area contributed by atoms with Gasteiger partial charge in [0, 0.05) is 41.2 Å². The molecule has 4 nitrogen and oxygen atoms in total. The number of amides is 2.